The van der Waals surface area contributed by atoms with Gasteiger partial charge in [-0.05, 0) is 29.8 Å². The van der Waals surface area contributed by atoms with Gasteiger partial charge in [0.2, 0.25) is 0 Å². The summed E-state index contributed by atoms with van der Waals surface area (Å²) in [5.74, 6) is 0.525. The van der Waals surface area contributed by atoms with Crippen LogP contribution in [0.1, 0.15) is 15.9 Å². The number of carbonyl (C=O) groups is 1. The number of rotatable bonds is 5. The fourth-order valence-electron chi connectivity index (χ4n) is 2.48. The van der Waals surface area contributed by atoms with E-state index in [2.05, 4.69) is 10.4 Å². The largest absolute Gasteiger partial charge is 0.380 e. The van der Waals surface area contributed by atoms with Gasteiger partial charge in [-0.2, -0.15) is 5.10 Å². The predicted molar refractivity (Wildman–Crippen MR) is 87.6 cm³/mol. The SMILES string of the molecule is COCc1cccc(NC(=O)c2cnn(C)c2-n2cccc2)c1. The van der Waals surface area contributed by atoms with Crippen LogP contribution in [0.4, 0.5) is 5.69 Å². The third kappa shape index (κ3) is 3.17. The lowest BCUT2D eigenvalue weighted by molar-refractivity contribution is 0.102. The second kappa shape index (κ2) is 6.50. The molecule has 0 spiro atoms. The second-order valence-electron chi connectivity index (χ2n) is 5.18. The molecule has 0 unspecified atom stereocenters. The molecule has 2 aromatic heterocycles. The van der Waals surface area contributed by atoms with Crippen LogP contribution in [-0.2, 0) is 18.4 Å². The summed E-state index contributed by atoms with van der Waals surface area (Å²) in [6.45, 7) is 0.505. The third-order valence-corrected chi connectivity index (χ3v) is 3.50. The lowest BCUT2D eigenvalue weighted by atomic mass is 10.2. The highest BCUT2D eigenvalue weighted by Crippen LogP contribution is 2.17. The number of benzene rings is 1. The Hall–Kier alpha value is -2.86. The van der Waals surface area contributed by atoms with Crippen molar-refractivity contribution in [3.8, 4) is 5.82 Å². The van der Waals surface area contributed by atoms with E-state index in [-0.39, 0.29) is 5.91 Å². The summed E-state index contributed by atoms with van der Waals surface area (Å²) in [6, 6.07) is 11.4. The molecule has 0 saturated heterocycles. The summed E-state index contributed by atoms with van der Waals surface area (Å²) in [4.78, 5) is 12.6. The zero-order valence-electron chi connectivity index (χ0n) is 13.1. The van der Waals surface area contributed by atoms with Crippen LogP contribution in [0.25, 0.3) is 5.82 Å². The Morgan fingerprint density at radius 1 is 1.26 bits per heavy atom. The van der Waals surface area contributed by atoms with Crippen molar-refractivity contribution in [2.45, 2.75) is 6.61 Å². The van der Waals surface area contributed by atoms with E-state index >= 15 is 0 Å². The van der Waals surface area contributed by atoms with Gasteiger partial charge in [-0.3, -0.25) is 9.48 Å². The molecule has 0 atom stereocenters. The first-order valence-corrected chi connectivity index (χ1v) is 7.23. The minimum absolute atomic E-state index is 0.198. The molecule has 23 heavy (non-hydrogen) atoms. The van der Waals surface area contributed by atoms with E-state index in [1.165, 1.54) is 0 Å². The molecule has 3 aromatic rings. The highest BCUT2D eigenvalue weighted by molar-refractivity contribution is 6.06. The Labute approximate surface area is 134 Å². The Morgan fingerprint density at radius 2 is 2.04 bits per heavy atom. The van der Waals surface area contributed by atoms with Crippen LogP contribution in [0.5, 0.6) is 0 Å². The van der Waals surface area contributed by atoms with Crippen molar-refractivity contribution in [3.05, 3.63) is 66.1 Å². The topological polar surface area (TPSA) is 61.1 Å². The fourth-order valence-corrected chi connectivity index (χ4v) is 2.48. The normalized spacial score (nSPS) is 10.7. The fraction of sp³-hybridized carbons (Fsp3) is 0.176. The van der Waals surface area contributed by atoms with E-state index in [1.54, 1.807) is 18.0 Å². The van der Waals surface area contributed by atoms with Crippen LogP contribution in [-0.4, -0.2) is 27.4 Å². The van der Waals surface area contributed by atoms with Gasteiger partial charge < -0.3 is 14.6 Å². The van der Waals surface area contributed by atoms with Crippen LogP contribution in [0.2, 0.25) is 0 Å². The Bertz CT molecular complexity index is 806. The van der Waals surface area contributed by atoms with E-state index in [1.807, 2.05) is 60.4 Å². The van der Waals surface area contributed by atoms with Crippen molar-refractivity contribution in [2.75, 3.05) is 12.4 Å². The van der Waals surface area contributed by atoms with Gasteiger partial charge in [0.05, 0.1) is 12.8 Å². The first kappa shape index (κ1) is 15.1. The van der Waals surface area contributed by atoms with E-state index < -0.39 is 0 Å². The first-order chi connectivity index (χ1) is 11.2. The van der Waals surface area contributed by atoms with E-state index in [0.29, 0.717) is 12.2 Å². The Morgan fingerprint density at radius 3 is 2.78 bits per heavy atom. The zero-order valence-corrected chi connectivity index (χ0v) is 13.1. The maximum absolute atomic E-state index is 12.6. The van der Waals surface area contributed by atoms with Gasteiger partial charge in [-0.25, -0.2) is 0 Å². The molecule has 1 amide bonds. The Balaban J connectivity index is 1.86. The van der Waals surface area contributed by atoms with Crippen LogP contribution < -0.4 is 5.32 Å². The summed E-state index contributed by atoms with van der Waals surface area (Å²) < 4.78 is 8.66. The van der Waals surface area contributed by atoms with Crippen molar-refractivity contribution < 1.29 is 9.53 Å². The summed E-state index contributed by atoms with van der Waals surface area (Å²) in [6.07, 6.45) is 5.34. The Kier molecular flexibility index (Phi) is 4.25. The van der Waals surface area contributed by atoms with Gasteiger partial charge in [0.15, 0.2) is 0 Å². The molecular weight excluding hydrogens is 292 g/mol. The molecule has 6 nitrogen and oxygen atoms in total. The molecule has 3 rings (SSSR count). The van der Waals surface area contributed by atoms with Crippen molar-refractivity contribution in [3.63, 3.8) is 0 Å². The van der Waals surface area contributed by atoms with Crippen LogP contribution in [0.15, 0.2) is 55.0 Å². The quantitative estimate of drug-likeness (QED) is 0.788. The molecular formula is C17H18N4O2. The number of ether oxygens (including phenoxy) is 1. The number of anilines is 1. The standard InChI is InChI=1S/C17H18N4O2/c1-20-17(21-8-3-4-9-21)15(11-18-20)16(22)19-14-7-5-6-13(10-14)12-23-2/h3-11H,12H2,1-2H3,(H,19,22). The summed E-state index contributed by atoms with van der Waals surface area (Å²) in [5, 5.41) is 7.11. The molecule has 0 aliphatic rings. The van der Waals surface area contributed by atoms with E-state index in [4.69, 9.17) is 4.74 Å². The van der Waals surface area contributed by atoms with Crippen molar-refractivity contribution in [2.24, 2.45) is 7.05 Å². The molecule has 0 aliphatic heterocycles. The van der Waals surface area contributed by atoms with Crippen molar-refractivity contribution >= 4 is 11.6 Å². The van der Waals surface area contributed by atoms with Crippen molar-refractivity contribution in [1.82, 2.24) is 14.3 Å². The van der Waals surface area contributed by atoms with E-state index in [9.17, 15) is 4.79 Å². The number of aryl methyl sites for hydroxylation is 1. The number of hydrogen-bond acceptors (Lipinski definition) is 3. The van der Waals surface area contributed by atoms with Gasteiger partial charge in [-0.15, -0.1) is 0 Å². The van der Waals surface area contributed by atoms with Crippen LogP contribution >= 0.6 is 0 Å². The third-order valence-electron chi connectivity index (χ3n) is 3.50. The molecule has 6 heteroatoms. The monoisotopic (exact) mass is 310 g/mol. The number of carbonyl (C=O) groups excluding carboxylic acids is 1. The minimum atomic E-state index is -0.198. The number of amides is 1. The number of nitrogens with one attached hydrogen (secondary N) is 1. The van der Waals surface area contributed by atoms with Gasteiger partial charge >= 0.3 is 0 Å². The number of aromatic nitrogens is 3. The lowest BCUT2D eigenvalue weighted by Gasteiger charge is -2.09. The molecule has 1 N–H and O–H groups in total. The molecule has 1 aromatic carbocycles. The maximum Gasteiger partial charge on any atom is 0.261 e. The molecule has 0 aliphatic carbocycles. The smallest absolute Gasteiger partial charge is 0.261 e. The molecule has 0 radical (unpaired) electrons. The first-order valence-electron chi connectivity index (χ1n) is 7.23. The summed E-state index contributed by atoms with van der Waals surface area (Å²) >= 11 is 0. The molecule has 118 valence electrons. The zero-order chi connectivity index (χ0) is 16.2. The molecule has 0 bridgehead atoms. The maximum atomic E-state index is 12.6. The lowest BCUT2D eigenvalue weighted by Crippen LogP contribution is -2.15. The number of methoxy groups -OCH3 is 1. The molecule has 2 heterocycles. The highest BCUT2D eigenvalue weighted by Gasteiger charge is 2.17. The number of nitrogens with zero attached hydrogens (tertiary/aromatic N) is 3. The van der Waals surface area contributed by atoms with Crippen molar-refractivity contribution in [1.29, 1.82) is 0 Å². The highest BCUT2D eigenvalue weighted by atomic mass is 16.5. The average molecular weight is 310 g/mol. The summed E-state index contributed by atoms with van der Waals surface area (Å²) in [5.41, 5.74) is 2.25. The van der Waals surface area contributed by atoms with Crippen LogP contribution in [0.3, 0.4) is 0 Å². The predicted octanol–water partition coefficient (Wildman–Crippen LogP) is 2.61. The summed E-state index contributed by atoms with van der Waals surface area (Å²) in [7, 11) is 3.45. The van der Waals surface area contributed by atoms with Gasteiger partial charge in [0, 0.05) is 32.2 Å². The average Bonchev–Trinajstić information content (AvgIpc) is 3.17. The molecule has 0 saturated carbocycles. The van der Waals surface area contributed by atoms with Gasteiger partial charge in [-0.1, -0.05) is 12.1 Å². The van der Waals surface area contributed by atoms with Crippen LogP contribution in [0, 0.1) is 0 Å². The van der Waals surface area contributed by atoms with E-state index in [0.717, 1.165) is 17.1 Å². The second-order valence-corrected chi connectivity index (χ2v) is 5.18. The molecule has 0 fully saturated rings. The number of hydrogen-bond donors (Lipinski definition) is 1. The van der Waals surface area contributed by atoms with Gasteiger partial charge in [0.1, 0.15) is 11.4 Å². The van der Waals surface area contributed by atoms with Gasteiger partial charge in [0.25, 0.3) is 5.91 Å². The minimum Gasteiger partial charge on any atom is -0.380 e.